The van der Waals surface area contributed by atoms with Crippen LogP contribution in [-0.2, 0) is 0 Å². The molecule has 0 aromatic rings. The molecule has 23 heavy (non-hydrogen) atoms. The molecule has 2 unspecified atom stereocenters. The summed E-state index contributed by atoms with van der Waals surface area (Å²) in [7, 11) is 0. The molecule has 0 aromatic heterocycles. The first-order valence-electron chi connectivity index (χ1n) is 10.5. The van der Waals surface area contributed by atoms with Gasteiger partial charge in [0.1, 0.15) is 6.17 Å². The minimum absolute atomic E-state index is 0.589. The molecule has 0 radical (unpaired) electrons. The van der Waals surface area contributed by atoms with Gasteiger partial charge in [-0.15, -0.1) is 0 Å². The summed E-state index contributed by atoms with van der Waals surface area (Å²) in [5.74, 6) is 0.785. The van der Waals surface area contributed by atoms with E-state index in [2.05, 4.69) is 32.9 Å². The highest BCUT2D eigenvalue weighted by atomic mass is 19.1. The molecule has 0 bridgehead atoms. The monoisotopic (exact) mass is 326 g/mol. The maximum Gasteiger partial charge on any atom is 0.100 e. The fraction of sp³-hybridized carbons (Fsp3) is 0.909. The Balaban J connectivity index is 3.35. The van der Waals surface area contributed by atoms with Crippen molar-refractivity contribution in [3.8, 4) is 0 Å². The molecule has 2 atom stereocenters. The highest BCUT2D eigenvalue weighted by Gasteiger charge is 2.04. The third-order valence-electron chi connectivity index (χ3n) is 4.77. The van der Waals surface area contributed by atoms with Crippen molar-refractivity contribution in [3.63, 3.8) is 0 Å². The van der Waals surface area contributed by atoms with E-state index in [1.54, 1.807) is 0 Å². The van der Waals surface area contributed by atoms with Crippen LogP contribution in [0.25, 0.3) is 0 Å². The highest BCUT2D eigenvalue weighted by Crippen LogP contribution is 2.16. The fourth-order valence-corrected chi connectivity index (χ4v) is 3.04. The summed E-state index contributed by atoms with van der Waals surface area (Å²) in [5.41, 5.74) is 0. The van der Waals surface area contributed by atoms with Crippen LogP contribution < -0.4 is 0 Å². The van der Waals surface area contributed by atoms with Crippen LogP contribution in [0.2, 0.25) is 0 Å². The van der Waals surface area contributed by atoms with Crippen LogP contribution in [0.4, 0.5) is 4.39 Å². The van der Waals surface area contributed by atoms with Crippen molar-refractivity contribution < 1.29 is 4.39 Å². The Morgan fingerprint density at radius 1 is 0.696 bits per heavy atom. The average molecular weight is 327 g/mol. The molecule has 0 amide bonds. The molecular weight excluding hydrogens is 283 g/mol. The van der Waals surface area contributed by atoms with Gasteiger partial charge in [-0.05, 0) is 31.6 Å². The van der Waals surface area contributed by atoms with Gasteiger partial charge in [-0.1, -0.05) is 104 Å². The summed E-state index contributed by atoms with van der Waals surface area (Å²) in [6, 6.07) is 0. The van der Waals surface area contributed by atoms with E-state index in [1.165, 1.54) is 64.2 Å². The summed E-state index contributed by atoms with van der Waals surface area (Å²) < 4.78 is 13.5. The average Bonchev–Trinajstić information content (AvgIpc) is 2.55. The van der Waals surface area contributed by atoms with Gasteiger partial charge >= 0.3 is 0 Å². The molecule has 0 aliphatic heterocycles. The normalized spacial score (nSPS) is 14.4. The molecule has 0 rings (SSSR count). The van der Waals surface area contributed by atoms with E-state index in [0.29, 0.717) is 6.42 Å². The van der Waals surface area contributed by atoms with E-state index in [9.17, 15) is 4.39 Å². The molecule has 0 saturated carbocycles. The Morgan fingerprint density at radius 2 is 1.30 bits per heavy atom. The summed E-state index contributed by atoms with van der Waals surface area (Å²) in [5, 5.41) is 0. The second-order valence-electron chi connectivity index (χ2n) is 7.39. The van der Waals surface area contributed by atoms with Crippen LogP contribution >= 0.6 is 0 Å². The third kappa shape index (κ3) is 17.9. The summed E-state index contributed by atoms with van der Waals surface area (Å²) in [4.78, 5) is 0. The largest absolute Gasteiger partial charge is 0.247 e. The zero-order chi connectivity index (χ0) is 17.2. The lowest BCUT2D eigenvalue weighted by molar-refractivity contribution is 0.291. The number of rotatable bonds is 17. The van der Waals surface area contributed by atoms with Gasteiger partial charge in [0.25, 0.3) is 0 Å². The second-order valence-corrected chi connectivity index (χ2v) is 7.39. The lowest BCUT2D eigenvalue weighted by Gasteiger charge is -2.08. The number of hydrogen-bond acceptors (Lipinski definition) is 0. The first-order valence-corrected chi connectivity index (χ1v) is 10.5. The third-order valence-corrected chi connectivity index (χ3v) is 4.77. The maximum atomic E-state index is 13.5. The quantitative estimate of drug-likeness (QED) is 0.186. The van der Waals surface area contributed by atoms with Crippen molar-refractivity contribution in [1.29, 1.82) is 0 Å². The van der Waals surface area contributed by atoms with Gasteiger partial charge in [0.2, 0.25) is 0 Å². The van der Waals surface area contributed by atoms with Gasteiger partial charge in [0, 0.05) is 0 Å². The fourth-order valence-electron chi connectivity index (χ4n) is 3.04. The van der Waals surface area contributed by atoms with Crippen LogP contribution in [0.3, 0.4) is 0 Å². The number of halogens is 1. The highest BCUT2D eigenvalue weighted by molar-refractivity contribution is 4.84. The molecule has 1 heteroatoms. The lowest BCUT2D eigenvalue weighted by Crippen LogP contribution is -1.98. The Labute approximate surface area is 146 Å². The van der Waals surface area contributed by atoms with Crippen molar-refractivity contribution in [2.24, 2.45) is 5.92 Å². The van der Waals surface area contributed by atoms with Crippen molar-refractivity contribution in [3.05, 3.63) is 12.2 Å². The van der Waals surface area contributed by atoms with Crippen LogP contribution in [0.1, 0.15) is 117 Å². The van der Waals surface area contributed by atoms with Crippen molar-refractivity contribution in [2.75, 3.05) is 0 Å². The molecule has 0 aromatic carbocycles. The molecule has 138 valence electrons. The minimum Gasteiger partial charge on any atom is -0.247 e. The second kappa shape index (κ2) is 18.0. The Morgan fingerprint density at radius 3 is 1.96 bits per heavy atom. The molecule has 0 nitrogen and oxygen atoms in total. The predicted molar refractivity (Wildman–Crippen MR) is 104 cm³/mol. The standard InChI is InChI=1S/C22H43F/c1-4-6-8-9-10-11-12-14-17-21(3)18-15-13-16-20-22(23)19-7-5-2/h13,15,21-22H,4-12,14,16-20H2,1-3H3/b15-13+. The van der Waals surface area contributed by atoms with E-state index in [4.69, 9.17) is 0 Å². The lowest BCUT2D eigenvalue weighted by atomic mass is 9.98. The molecule has 0 saturated heterocycles. The van der Waals surface area contributed by atoms with Crippen LogP contribution in [0.15, 0.2) is 12.2 Å². The number of hydrogen-bond donors (Lipinski definition) is 0. The molecule has 0 fully saturated rings. The van der Waals surface area contributed by atoms with Crippen molar-refractivity contribution in [2.45, 2.75) is 123 Å². The van der Waals surface area contributed by atoms with Crippen molar-refractivity contribution in [1.82, 2.24) is 0 Å². The van der Waals surface area contributed by atoms with Crippen molar-refractivity contribution >= 4 is 0 Å². The molecule has 0 N–H and O–H groups in total. The zero-order valence-corrected chi connectivity index (χ0v) is 16.3. The summed E-state index contributed by atoms with van der Waals surface area (Å²) >= 11 is 0. The van der Waals surface area contributed by atoms with E-state index in [1.807, 2.05) is 0 Å². The molecule has 0 aliphatic carbocycles. The maximum absolute atomic E-state index is 13.5. The topological polar surface area (TPSA) is 0 Å². The first-order chi connectivity index (χ1) is 11.2. The van der Waals surface area contributed by atoms with Gasteiger partial charge in [0.05, 0.1) is 0 Å². The van der Waals surface area contributed by atoms with E-state index >= 15 is 0 Å². The van der Waals surface area contributed by atoms with Crippen LogP contribution in [0.5, 0.6) is 0 Å². The van der Waals surface area contributed by atoms with Crippen LogP contribution in [0, 0.1) is 5.92 Å². The van der Waals surface area contributed by atoms with Gasteiger partial charge < -0.3 is 0 Å². The van der Waals surface area contributed by atoms with Gasteiger partial charge in [0.15, 0.2) is 0 Å². The van der Waals surface area contributed by atoms with Gasteiger partial charge in [-0.2, -0.15) is 0 Å². The number of alkyl halides is 1. The molecule has 0 spiro atoms. The smallest absolute Gasteiger partial charge is 0.100 e. The molecule has 0 heterocycles. The van der Waals surface area contributed by atoms with Gasteiger partial charge in [-0.3, -0.25) is 0 Å². The van der Waals surface area contributed by atoms with E-state index < -0.39 is 6.17 Å². The SMILES string of the molecule is CCCCCCCCCCC(C)C/C=C/CCC(F)CCCC. The Bertz CT molecular complexity index is 246. The predicted octanol–water partition coefficient (Wildman–Crippen LogP) is 8.41. The number of unbranched alkanes of at least 4 members (excludes halogenated alkanes) is 8. The van der Waals surface area contributed by atoms with E-state index in [0.717, 1.165) is 31.6 Å². The summed E-state index contributed by atoms with van der Waals surface area (Å²) in [6.45, 7) is 6.75. The Kier molecular flexibility index (Phi) is 17.8. The first kappa shape index (κ1) is 22.7. The summed E-state index contributed by atoms with van der Waals surface area (Å²) in [6.07, 6.45) is 22.1. The number of allylic oxidation sites excluding steroid dienone is 2. The molecule has 0 aliphatic rings. The van der Waals surface area contributed by atoms with Gasteiger partial charge in [-0.25, -0.2) is 4.39 Å². The van der Waals surface area contributed by atoms with E-state index in [-0.39, 0.29) is 0 Å². The van der Waals surface area contributed by atoms with Crippen LogP contribution in [-0.4, -0.2) is 6.17 Å². The minimum atomic E-state index is -0.589. The zero-order valence-electron chi connectivity index (χ0n) is 16.3. The Hall–Kier alpha value is -0.330. The molecular formula is C22H43F.